The molecule has 0 aromatic heterocycles. The van der Waals surface area contributed by atoms with E-state index in [9.17, 15) is 12.8 Å². The van der Waals surface area contributed by atoms with Crippen LogP contribution < -0.4 is 14.2 Å². The van der Waals surface area contributed by atoms with Gasteiger partial charge in [0.15, 0.2) is 11.6 Å². The highest BCUT2D eigenvalue weighted by Gasteiger charge is 2.17. The van der Waals surface area contributed by atoms with Gasteiger partial charge in [-0.3, -0.25) is 0 Å². The van der Waals surface area contributed by atoms with E-state index in [1.165, 1.54) is 32.4 Å². The summed E-state index contributed by atoms with van der Waals surface area (Å²) in [6.07, 6.45) is 0. The zero-order valence-electron chi connectivity index (χ0n) is 13.1. The van der Waals surface area contributed by atoms with E-state index in [2.05, 4.69) is 4.72 Å². The molecule has 0 bridgehead atoms. The molecular formula is C16H18FNO4S. The highest BCUT2D eigenvalue weighted by atomic mass is 32.2. The van der Waals surface area contributed by atoms with Crippen LogP contribution in [0.25, 0.3) is 0 Å². The van der Waals surface area contributed by atoms with Crippen LogP contribution in [0.3, 0.4) is 0 Å². The van der Waals surface area contributed by atoms with Crippen LogP contribution in [-0.2, 0) is 16.6 Å². The van der Waals surface area contributed by atoms with Crippen molar-refractivity contribution in [1.82, 2.24) is 4.72 Å². The first-order valence-corrected chi connectivity index (χ1v) is 8.32. The summed E-state index contributed by atoms with van der Waals surface area (Å²) >= 11 is 0. The van der Waals surface area contributed by atoms with Gasteiger partial charge in [0.2, 0.25) is 10.0 Å². The molecule has 0 aliphatic carbocycles. The number of methoxy groups -OCH3 is 2. The molecule has 2 aromatic rings. The summed E-state index contributed by atoms with van der Waals surface area (Å²) in [5.41, 5.74) is 1.07. The molecule has 7 heteroatoms. The van der Waals surface area contributed by atoms with Gasteiger partial charge in [-0.25, -0.2) is 17.5 Å². The summed E-state index contributed by atoms with van der Waals surface area (Å²) in [6.45, 7) is 1.67. The fraction of sp³-hybridized carbons (Fsp3) is 0.250. The maximum Gasteiger partial charge on any atom is 0.241 e. The molecule has 2 aromatic carbocycles. The summed E-state index contributed by atoms with van der Waals surface area (Å²) in [4.78, 5) is 0.160. The molecule has 23 heavy (non-hydrogen) atoms. The van der Waals surface area contributed by atoms with E-state index in [1.807, 2.05) is 0 Å². The lowest BCUT2D eigenvalue weighted by Crippen LogP contribution is -2.24. The van der Waals surface area contributed by atoms with Crippen molar-refractivity contribution >= 4 is 10.0 Å². The lowest BCUT2D eigenvalue weighted by Gasteiger charge is -2.11. The number of hydrogen-bond acceptors (Lipinski definition) is 4. The average Bonchev–Trinajstić information content (AvgIpc) is 2.52. The van der Waals surface area contributed by atoms with Crippen LogP contribution in [-0.4, -0.2) is 22.6 Å². The SMILES string of the molecule is COc1ccc(S(=O)(=O)NCc2ccc(OC)c(F)c2)c(C)c1. The van der Waals surface area contributed by atoms with Gasteiger partial charge in [0.25, 0.3) is 0 Å². The molecule has 0 aliphatic rings. The van der Waals surface area contributed by atoms with Crippen molar-refractivity contribution in [3.8, 4) is 11.5 Å². The molecule has 0 spiro atoms. The molecule has 0 saturated heterocycles. The minimum Gasteiger partial charge on any atom is -0.497 e. The molecule has 5 nitrogen and oxygen atoms in total. The summed E-state index contributed by atoms with van der Waals surface area (Å²) < 4.78 is 50.7. The fourth-order valence-electron chi connectivity index (χ4n) is 2.13. The van der Waals surface area contributed by atoms with Crippen LogP contribution in [0, 0.1) is 12.7 Å². The van der Waals surface area contributed by atoms with Gasteiger partial charge in [-0.15, -0.1) is 0 Å². The third-order valence-corrected chi connectivity index (χ3v) is 4.92. The smallest absolute Gasteiger partial charge is 0.241 e. The Morgan fingerprint density at radius 1 is 1.09 bits per heavy atom. The van der Waals surface area contributed by atoms with Crippen LogP contribution >= 0.6 is 0 Å². The zero-order valence-corrected chi connectivity index (χ0v) is 13.9. The minimum absolute atomic E-state index is 0.0191. The lowest BCUT2D eigenvalue weighted by atomic mass is 10.2. The molecule has 0 saturated carbocycles. The van der Waals surface area contributed by atoms with Gasteiger partial charge in [-0.1, -0.05) is 6.07 Å². The third kappa shape index (κ3) is 4.00. The second kappa shape index (κ2) is 6.97. The molecule has 0 aliphatic heterocycles. The second-order valence-corrected chi connectivity index (χ2v) is 6.66. The Labute approximate surface area is 135 Å². The Bertz CT molecular complexity index is 806. The van der Waals surface area contributed by atoms with Crippen molar-refractivity contribution in [2.24, 2.45) is 0 Å². The maximum absolute atomic E-state index is 13.6. The number of hydrogen-bond donors (Lipinski definition) is 1. The molecule has 0 amide bonds. The lowest BCUT2D eigenvalue weighted by molar-refractivity contribution is 0.386. The molecule has 2 rings (SSSR count). The topological polar surface area (TPSA) is 64.6 Å². The molecule has 1 N–H and O–H groups in total. The van der Waals surface area contributed by atoms with Gasteiger partial charge < -0.3 is 9.47 Å². The first-order chi connectivity index (χ1) is 10.9. The van der Waals surface area contributed by atoms with E-state index in [1.54, 1.807) is 25.1 Å². The van der Waals surface area contributed by atoms with Crippen molar-refractivity contribution in [2.75, 3.05) is 14.2 Å². The van der Waals surface area contributed by atoms with Crippen LogP contribution in [0.1, 0.15) is 11.1 Å². The van der Waals surface area contributed by atoms with E-state index < -0.39 is 15.8 Å². The van der Waals surface area contributed by atoms with Gasteiger partial charge in [0, 0.05) is 6.54 Å². The largest absolute Gasteiger partial charge is 0.497 e. The molecule has 0 unspecified atom stereocenters. The number of ether oxygens (including phenoxy) is 2. The van der Waals surface area contributed by atoms with Crippen LogP contribution in [0.4, 0.5) is 4.39 Å². The number of sulfonamides is 1. The van der Waals surface area contributed by atoms with E-state index in [0.717, 1.165) is 0 Å². The number of nitrogens with one attached hydrogen (secondary N) is 1. The Morgan fingerprint density at radius 2 is 1.83 bits per heavy atom. The highest BCUT2D eigenvalue weighted by Crippen LogP contribution is 2.22. The van der Waals surface area contributed by atoms with Gasteiger partial charge in [0.05, 0.1) is 19.1 Å². The van der Waals surface area contributed by atoms with Crippen molar-refractivity contribution in [1.29, 1.82) is 0 Å². The van der Waals surface area contributed by atoms with Crippen LogP contribution in [0.2, 0.25) is 0 Å². The van der Waals surface area contributed by atoms with Gasteiger partial charge in [-0.2, -0.15) is 0 Å². The van der Waals surface area contributed by atoms with E-state index in [0.29, 0.717) is 16.9 Å². The van der Waals surface area contributed by atoms with E-state index in [4.69, 9.17) is 9.47 Å². The van der Waals surface area contributed by atoms with Crippen LogP contribution in [0.15, 0.2) is 41.3 Å². The Hall–Kier alpha value is -2.12. The summed E-state index contributed by atoms with van der Waals surface area (Å²) in [5, 5.41) is 0. The third-order valence-electron chi connectivity index (χ3n) is 3.35. The van der Waals surface area contributed by atoms with Crippen molar-refractivity contribution < 1.29 is 22.3 Å². The first kappa shape index (κ1) is 17.2. The highest BCUT2D eigenvalue weighted by molar-refractivity contribution is 7.89. The predicted molar refractivity (Wildman–Crippen MR) is 84.7 cm³/mol. The van der Waals surface area contributed by atoms with Crippen molar-refractivity contribution in [3.63, 3.8) is 0 Å². The number of halogens is 1. The second-order valence-electron chi connectivity index (χ2n) is 4.92. The molecule has 0 radical (unpaired) electrons. The number of rotatable bonds is 6. The quantitative estimate of drug-likeness (QED) is 0.879. The predicted octanol–water partition coefficient (Wildman–Crippen LogP) is 2.63. The van der Waals surface area contributed by atoms with Gasteiger partial charge in [-0.05, 0) is 48.4 Å². The summed E-state index contributed by atoms with van der Waals surface area (Å²) in [6, 6.07) is 8.99. The summed E-state index contributed by atoms with van der Waals surface area (Å²) in [7, 11) is -0.820. The summed E-state index contributed by atoms with van der Waals surface area (Å²) in [5.74, 6) is 0.158. The molecular weight excluding hydrogens is 321 g/mol. The monoisotopic (exact) mass is 339 g/mol. The minimum atomic E-state index is -3.70. The first-order valence-electron chi connectivity index (χ1n) is 6.84. The fourth-order valence-corrected chi connectivity index (χ4v) is 3.37. The van der Waals surface area contributed by atoms with E-state index in [-0.39, 0.29) is 17.2 Å². The van der Waals surface area contributed by atoms with Crippen molar-refractivity contribution in [3.05, 3.63) is 53.3 Å². The zero-order chi connectivity index (χ0) is 17.0. The average molecular weight is 339 g/mol. The Kier molecular flexibility index (Phi) is 5.23. The maximum atomic E-state index is 13.6. The van der Waals surface area contributed by atoms with E-state index >= 15 is 0 Å². The number of aryl methyl sites for hydroxylation is 1. The Balaban J connectivity index is 2.17. The van der Waals surface area contributed by atoms with Gasteiger partial charge >= 0.3 is 0 Å². The van der Waals surface area contributed by atoms with Crippen LogP contribution in [0.5, 0.6) is 11.5 Å². The number of benzene rings is 2. The standard InChI is InChI=1S/C16H18FNO4S/c1-11-8-13(21-2)5-7-16(11)23(19,20)18-10-12-4-6-15(22-3)14(17)9-12/h4-9,18H,10H2,1-3H3. The Morgan fingerprint density at radius 3 is 2.39 bits per heavy atom. The van der Waals surface area contributed by atoms with Gasteiger partial charge in [0.1, 0.15) is 5.75 Å². The normalized spacial score (nSPS) is 11.3. The molecule has 0 atom stereocenters. The van der Waals surface area contributed by atoms with Crippen molar-refractivity contribution in [2.45, 2.75) is 18.4 Å². The molecule has 0 fully saturated rings. The molecule has 0 heterocycles. The molecule has 124 valence electrons.